The highest BCUT2D eigenvalue weighted by Gasteiger charge is 2.13. The quantitative estimate of drug-likeness (QED) is 0.879. The fourth-order valence-electron chi connectivity index (χ4n) is 1.75. The zero-order valence-corrected chi connectivity index (χ0v) is 11.1. The summed E-state index contributed by atoms with van der Waals surface area (Å²) in [6.45, 7) is 7.16. The number of benzene rings is 1. The first-order chi connectivity index (χ1) is 8.70. The zero-order valence-electron chi connectivity index (χ0n) is 11.1. The lowest BCUT2D eigenvalue weighted by Gasteiger charge is -2.07. The number of hydrogen-bond donors (Lipinski definition) is 1. The molecule has 1 aromatic carbocycles. The number of aryl methyl sites for hydroxylation is 1. The Kier molecular flexibility index (Phi) is 4.10. The Morgan fingerprint density at radius 2 is 2.17 bits per heavy atom. The Balaban J connectivity index is 2.15. The average molecular weight is 245 g/mol. The van der Waals surface area contributed by atoms with Crippen LogP contribution in [0.1, 0.15) is 37.8 Å². The van der Waals surface area contributed by atoms with Gasteiger partial charge in [0.1, 0.15) is 0 Å². The van der Waals surface area contributed by atoms with E-state index in [4.69, 9.17) is 4.42 Å². The van der Waals surface area contributed by atoms with Crippen molar-refractivity contribution < 1.29 is 4.42 Å². The predicted molar refractivity (Wildman–Crippen MR) is 71.2 cm³/mol. The van der Waals surface area contributed by atoms with E-state index in [1.807, 2.05) is 38.1 Å². The Hall–Kier alpha value is -1.68. The summed E-state index contributed by atoms with van der Waals surface area (Å²) in [5.74, 6) is 1.22. The molecule has 0 aliphatic rings. The molecule has 2 rings (SSSR count). The maximum atomic E-state index is 5.70. The van der Waals surface area contributed by atoms with Crippen LogP contribution in [0.4, 0.5) is 0 Å². The maximum absolute atomic E-state index is 5.70. The maximum Gasteiger partial charge on any atom is 0.247 e. The van der Waals surface area contributed by atoms with Crippen LogP contribution in [-0.2, 0) is 0 Å². The molecule has 0 amide bonds. The third-order valence-electron chi connectivity index (χ3n) is 2.78. The molecule has 1 aromatic heterocycles. The molecule has 1 atom stereocenters. The molecule has 1 unspecified atom stereocenters. The normalized spacial score (nSPS) is 12.6. The molecular formula is C14H19N3O. The largest absolute Gasteiger partial charge is 0.419 e. The molecule has 1 N–H and O–H groups in total. The minimum atomic E-state index is 0.0935. The molecule has 18 heavy (non-hydrogen) atoms. The second-order valence-electron chi connectivity index (χ2n) is 4.49. The van der Waals surface area contributed by atoms with E-state index in [9.17, 15) is 0 Å². The van der Waals surface area contributed by atoms with Gasteiger partial charge in [0.15, 0.2) is 0 Å². The van der Waals surface area contributed by atoms with Gasteiger partial charge in [0.2, 0.25) is 11.8 Å². The van der Waals surface area contributed by atoms with Gasteiger partial charge in [-0.3, -0.25) is 0 Å². The molecule has 0 saturated carbocycles. The lowest BCUT2D eigenvalue weighted by molar-refractivity contribution is 0.423. The van der Waals surface area contributed by atoms with Crippen molar-refractivity contribution in [1.29, 1.82) is 0 Å². The highest BCUT2D eigenvalue weighted by molar-refractivity contribution is 5.53. The van der Waals surface area contributed by atoms with Gasteiger partial charge in [-0.2, -0.15) is 0 Å². The molecule has 0 fully saturated rings. The third-order valence-corrected chi connectivity index (χ3v) is 2.78. The van der Waals surface area contributed by atoms with Crippen LogP contribution in [0.25, 0.3) is 11.5 Å². The lowest BCUT2D eigenvalue weighted by atomic mass is 10.1. The average Bonchev–Trinajstić information content (AvgIpc) is 2.85. The molecule has 4 nitrogen and oxygen atoms in total. The minimum Gasteiger partial charge on any atom is -0.419 e. The van der Waals surface area contributed by atoms with Crippen LogP contribution in [0.15, 0.2) is 28.7 Å². The second kappa shape index (κ2) is 5.78. The smallest absolute Gasteiger partial charge is 0.247 e. The van der Waals surface area contributed by atoms with Crippen LogP contribution in [0.5, 0.6) is 0 Å². The van der Waals surface area contributed by atoms with Gasteiger partial charge in [0.25, 0.3) is 0 Å². The zero-order chi connectivity index (χ0) is 13.0. The van der Waals surface area contributed by atoms with Crippen LogP contribution in [0, 0.1) is 6.92 Å². The monoisotopic (exact) mass is 245 g/mol. The summed E-state index contributed by atoms with van der Waals surface area (Å²) < 4.78 is 5.70. The van der Waals surface area contributed by atoms with Gasteiger partial charge in [0, 0.05) is 5.56 Å². The van der Waals surface area contributed by atoms with Gasteiger partial charge >= 0.3 is 0 Å². The Morgan fingerprint density at radius 1 is 1.33 bits per heavy atom. The molecule has 0 saturated heterocycles. The summed E-state index contributed by atoms with van der Waals surface area (Å²) >= 11 is 0. The standard InChI is InChI=1S/C14H19N3O/c1-4-8-15-11(3)13-16-17-14(18-13)12-7-5-6-10(2)9-12/h5-7,9,11,15H,4,8H2,1-3H3. The van der Waals surface area contributed by atoms with Gasteiger partial charge in [-0.15, -0.1) is 10.2 Å². The summed E-state index contributed by atoms with van der Waals surface area (Å²) in [5, 5.41) is 11.5. The predicted octanol–water partition coefficient (Wildman–Crippen LogP) is 3.11. The number of hydrogen-bond acceptors (Lipinski definition) is 4. The number of aromatic nitrogens is 2. The van der Waals surface area contributed by atoms with E-state index in [0.717, 1.165) is 18.5 Å². The first-order valence-corrected chi connectivity index (χ1v) is 6.34. The van der Waals surface area contributed by atoms with E-state index >= 15 is 0 Å². The molecule has 0 spiro atoms. The molecule has 0 aliphatic carbocycles. The first kappa shape index (κ1) is 12.8. The highest BCUT2D eigenvalue weighted by atomic mass is 16.4. The summed E-state index contributed by atoms with van der Waals surface area (Å²) in [6, 6.07) is 8.16. The van der Waals surface area contributed by atoms with Crippen molar-refractivity contribution in [2.75, 3.05) is 6.54 Å². The van der Waals surface area contributed by atoms with E-state index in [1.165, 1.54) is 5.56 Å². The Bertz CT molecular complexity index is 507. The Morgan fingerprint density at radius 3 is 2.89 bits per heavy atom. The highest BCUT2D eigenvalue weighted by Crippen LogP contribution is 2.21. The number of nitrogens with zero attached hydrogens (tertiary/aromatic N) is 2. The molecule has 0 radical (unpaired) electrons. The topological polar surface area (TPSA) is 51.0 Å². The SMILES string of the molecule is CCCNC(C)c1nnc(-c2cccc(C)c2)o1. The van der Waals surface area contributed by atoms with Crippen molar-refractivity contribution in [2.45, 2.75) is 33.2 Å². The molecule has 2 aromatic rings. The van der Waals surface area contributed by atoms with E-state index in [1.54, 1.807) is 0 Å². The fraction of sp³-hybridized carbons (Fsp3) is 0.429. The van der Waals surface area contributed by atoms with Gasteiger partial charge in [-0.1, -0.05) is 24.6 Å². The van der Waals surface area contributed by atoms with Gasteiger partial charge in [-0.05, 0) is 38.9 Å². The Labute approximate surface area is 107 Å². The van der Waals surface area contributed by atoms with Gasteiger partial charge in [0.05, 0.1) is 6.04 Å². The minimum absolute atomic E-state index is 0.0935. The van der Waals surface area contributed by atoms with Gasteiger partial charge < -0.3 is 9.73 Å². The summed E-state index contributed by atoms with van der Waals surface area (Å²) in [4.78, 5) is 0. The van der Waals surface area contributed by atoms with Crippen LogP contribution in [0.3, 0.4) is 0 Å². The third kappa shape index (κ3) is 2.96. The molecule has 96 valence electrons. The molecule has 1 heterocycles. The van der Waals surface area contributed by atoms with Crippen molar-refractivity contribution in [2.24, 2.45) is 0 Å². The van der Waals surface area contributed by atoms with Crippen molar-refractivity contribution >= 4 is 0 Å². The van der Waals surface area contributed by atoms with Gasteiger partial charge in [-0.25, -0.2) is 0 Å². The molecule has 4 heteroatoms. The number of rotatable bonds is 5. The van der Waals surface area contributed by atoms with Crippen molar-refractivity contribution in [3.8, 4) is 11.5 Å². The lowest BCUT2D eigenvalue weighted by Crippen LogP contribution is -2.19. The van der Waals surface area contributed by atoms with Crippen LogP contribution >= 0.6 is 0 Å². The van der Waals surface area contributed by atoms with Crippen molar-refractivity contribution in [1.82, 2.24) is 15.5 Å². The van der Waals surface area contributed by atoms with Crippen molar-refractivity contribution in [3.05, 3.63) is 35.7 Å². The van der Waals surface area contributed by atoms with E-state index < -0.39 is 0 Å². The van der Waals surface area contributed by atoms with E-state index in [2.05, 4.69) is 22.4 Å². The van der Waals surface area contributed by atoms with E-state index in [0.29, 0.717) is 11.8 Å². The molecule has 0 bridgehead atoms. The first-order valence-electron chi connectivity index (χ1n) is 6.34. The van der Waals surface area contributed by atoms with Crippen LogP contribution in [0.2, 0.25) is 0 Å². The summed E-state index contributed by atoms with van der Waals surface area (Å²) in [5.41, 5.74) is 2.15. The fourth-order valence-corrected chi connectivity index (χ4v) is 1.75. The summed E-state index contributed by atoms with van der Waals surface area (Å²) in [7, 11) is 0. The van der Waals surface area contributed by atoms with Crippen LogP contribution in [-0.4, -0.2) is 16.7 Å². The summed E-state index contributed by atoms with van der Waals surface area (Å²) in [6.07, 6.45) is 1.09. The van der Waals surface area contributed by atoms with Crippen molar-refractivity contribution in [3.63, 3.8) is 0 Å². The van der Waals surface area contributed by atoms with Crippen LogP contribution < -0.4 is 5.32 Å². The molecular weight excluding hydrogens is 226 g/mol. The second-order valence-corrected chi connectivity index (χ2v) is 4.49. The number of nitrogens with one attached hydrogen (secondary N) is 1. The van der Waals surface area contributed by atoms with E-state index in [-0.39, 0.29) is 6.04 Å². The molecule has 0 aliphatic heterocycles.